The van der Waals surface area contributed by atoms with Crippen LogP contribution in [0.1, 0.15) is 42.9 Å². The summed E-state index contributed by atoms with van der Waals surface area (Å²) in [6.07, 6.45) is 4.70. The molecule has 1 saturated carbocycles. The van der Waals surface area contributed by atoms with Crippen molar-refractivity contribution < 1.29 is 9.90 Å². The molecule has 0 amide bonds. The fraction of sp³-hybridized carbons (Fsp3) is 0.533. The largest absolute Gasteiger partial charge is 0.481 e. The van der Waals surface area contributed by atoms with Crippen LogP contribution in [-0.2, 0) is 23.1 Å². The second-order valence-electron chi connectivity index (χ2n) is 5.85. The highest BCUT2D eigenvalue weighted by atomic mass is 16.4. The molecule has 0 aliphatic heterocycles. The van der Waals surface area contributed by atoms with E-state index in [2.05, 4.69) is 25.1 Å². The predicted octanol–water partition coefficient (Wildman–Crippen LogP) is 2.93. The number of hydrogen-bond acceptors (Lipinski definition) is 1. The number of benzene rings is 1. The second-order valence-corrected chi connectivity index (χ2v) is 5.85. The fourth-order valence-electron chi connectivity index (χ4n) is 3.18. The van der Waals surface area contributed by atoms with Crippen LogP contribution in [0.5, 0.6) is 0 Å². The highest BCUT2D eigenvalue weighted by molar-refractivity contribution is 5.70. The topological polar surface area (TPSA) is 37.3 Å². The van der Waals surface area contributed by atoms with Gasteiger partial charge in [-0.15, -0.1) is 0 Å². The maximum Gasteiger partial charge on any atom is 0.304 e. The molecule has 1 unspecified atom stereocenters. The van der Waals surface area contributed by atoms with E-state index in [-0.39, 0.29) is 5.41 Å². The summed E-state index contributed by atoms with van der Waals surface area (Å²) < 4.78 is 0. The lowest BCUT2D eigenvalue weighted by atomic mass is 9.90. The van der Waals surface area contributed by atoms with Gasteiger partial charge in [0.2, 0.25) is 0 Å². The van der Waals surface area contributed by atoms with Crippen LogP contribution in [0.3, 0.4) is 0 Å². The number of carboxylic acid groups (broad SMARTS) is 1. The third kappa shape index (κ3) is 1.86. The first-order chi connectivity index (χ1) is 8.09. The van der Waals surface area contributed by atoms with Crippen LogP contribution in [0.4, 0.5) is 0 Å². The molecule has 2 aliphatic carbocycles. The van der Waals surface area contributed by atoms with Crippen LogP contribution >= 0.6 is 0 Å². The number of hydrogen-bond donors (Lipinski definition) is 1. The molecule has 1 fully saturated rings. The molecule has 0 radical (unpaired) electrons. The van der Waals surface area contributed by atoms with Crippen LogP contribution < -0.4 is 0 Å². The van der Waals surface area contributed by atoms with Gasteiger partial charge in [0.15, 0.2) is 0 Å². The molecule has 2 nitrogen and oxygen atoms in total. The molecule has 0 heterocycles. The summed E-state index contributed by atoms with van der Waals surface area (Å²) in [5.74, 6) is 0.0752. The van der Waals surface area contributed by atoms with E-state index in [0.29, 0.717) is 6.42 Å². The van der Waals surface area contributed by atoms with Crippen LogP contribution in [0.15, 0.2) is 18.2 Å². The Morgan fingerprint density at radius 3 is 2.71 bits per heavy atom. The predicted molar refractivity (Wildman–Crippen MR) is 66.2 cm³/mol. The standard InChI is InChI=1S/C15H18O2/c1-10-6-11-2-3-13(8-12(11)7-10)15(4-5-15)9-14(16)17/h2-3,8,10H,4-7,9H2,1H3,(H,16,17). The van der Waals surface area contributed by atoms with Crippen molar-refractivity contribution in [3.8, 4) is 0 Å². The first-order valence-corrected chi connectivity index (χ1v) is 6.43. The minimum atomic E-state index is -0.670. The number of rotatable bonds is 3. The van der Waals surface area contributed by atoms with E-state index in [1.54, 1.807) is 0 Å². The number of carbonyl (C=O) groups is 1. The molecule has 0 bridgehead atoms. The van der Waals surface area contributed by atoms with Gasteiger partial charge in [-0.25, -0.2) is 0 Å². The van der Waals surface area contributed by atoms with E-state index < -0.39 is 5.97 Å². The normalized spacial score (nSPS) is 24.4. The van der Waals surface area contributed by atoms with Crippen LogP contribution in [0.2, 0.25) is 0 Å². The van der Waals surface area contributed by atoms with Crippen molar-refractivity contribution in [1.29, 1.82) is 0 Å². The summed E-state index contributed by atoms with van der Waals surface area (Å²) in [4.78, 5) is 10.9. The lowest BCUT2D eigenvalue weighted by Gasteiger charge is -2.14. The first-order valence-electron chi connectivity index (χ1n) is 6.43. The summed E-state index contributed by atoms with van der Waals surface area (Å²) in [5, 5.41) is 8.99. The summed E-state index contributed by atoms with van der Waals surface area (Å²) in [7, 11) is 0. The summed E-state index contributed by atoms with van der Waals surface area (Å²) in [5.41, 5.74) is 4.14. The lowest BCUT2D eigenvalue weighted by molar-refractivity contribution is -0.137. The van der Waals surface area contributed by atoms with Crippen molar-refractivity contribution >= 4 is 5.97 Å². The lowest BCUT2D eigenvalue weighted by Crippen LogP contribution is -2.13. The molecule has 0 aromatic heterocycles. The highest BCUT2D eigenvalue weighted by Crippen LogP contribution is 2.51. The summed E-state index contributed by atoms with van der Waals surface area (Å²) >= 11 is 0. The molecule has 90 valence electrons. The second kappa shape index (κ2) is 3.59. The van der Waals surface area contributed by atoms with Crippen LogP contribution in [-0.4, -0.2) is 11.1 Å². The van der Waals surface area contributed by atoms with E-state index in [0.717, 1.165) is 25.2 Å². The quantitative estimate of drug-likeness (QED) is 0.866. The molecule has 17 heavy (non-hydrogen) atoms. The summed E-state index contributed by atoms with van der Waals surface area (Å²) in [6, 6.07) is 6.65. The smallest absolute Gasteiger partial charge is 0.304 e. The molecule has 1 aromatic carbocycles. The van der Waals surface area contributed by atoms with Gasteiger partial charge in [-0.2, -0.15) is 0 Å². The third-order valence-electron chi connectivity index (χ3n) is 4.30. The van der Waals surface area contributed by atoms with Gasteiger partial charge in [-0.05, 0) is 48.3 Å². The van der Waals surface area contributed by atoms with Crippen molar-refractivity contribution in [1.82, 2.24) is 0 Å². The highest BCUT2D eigenvalue weighted by Gasteiger charge is 2.46. The van der Waals surface area contributed by atoms with E-state index in [9.17, 15) is 4.79 Å². The molecule has 1 aromatic rings. The van der Waals surface area contributed by atoms with Gasteiger partial charge in [-0.1, -0.05) is 25.1 Å². The number of aliphatic carboxylic acids is 1. The molecule has 1 atom stereocenters. The SMILES string of the molecule is CC1Cc2ccc(C3(CC(=O)O)CC3)cc2C1. The number of fused-ring (bicyclic) bond motifs is 1. The average molecular weight is 230 g/mol. The fourth-order valence-corrected chi connectivity index (χ4v) is 3.18. The van der Waals surface area contributed by atoms with Gasteiger partial charge in [0.05, 0.1) is 6.42 Å². The van der Waals surface area contributed by atoms with E-state index in [1.165, 1.54) is 23.1 Å². The number of carboxylic acids is 1. The molecule has 2 aliphatic rings. The molecular weight excluding hydrogens is 212 g/mol. The van der Waals surface area contributed by atoms with Crippen molar-refractivity contribution in [3.63, 3.8) is 0 Å². The van der Waals surface area contributed by atoms with Crippen molar-refractivity contribution in [2.45, 2.75) is 44.4 Å². The maximum atomic E-state index is 10.9. The van der Waals surface area contributed by atoms with E-state index in [4.69, 9.17) is 5.11 Å². The van der Waals surface area contributed by atoms with Crippen molar-refractivity contribution in [2.24, 2.45) is 5.92 Å². The molecule has 1 N–H and O–H groups in total. The molecule has 0 saturated heterocycles. The van der Waals surface area contributed by atoms with Crippen LogP contribution in [0, 0.1) is 5.92 Å². The molecule has 0 spiro atoms. The monoisotopic (exact) mass is 230 g/mol. The Kier molecular flexibility index (Phi) is 2.29. The minimum absolute atomic E-state index is 0.0350. The Morgan fingerprint density at radius 1 is 1.35 bits per heavy atom. The zero-order valence-corrected chi connectivity index (χ0v) is 10.2. The Balaban J connectivity index is 1.90. The first kappa shape index (κ1) is 10.8. The van der Waals surface area contributed by atoms with Gasteiger partial charge < -0.3 is 5.11 Å². The maximum absolute atomic E-state index is 10.9. The molecule has 2 heteroatoms. The zero-order chi connectivity index (χ0) is 12.0. The average Bonchev–Trinajstić information content (AvgIpc) is 2.91. The van der Waals surface area contributed by atoms with Gasteiger partial charge in [0.1, 0.15) is 0 Å². The Hall–Kier alpha value is -1.31. The molecule has 3 rings (SSSR count). The van der Waals surface area contributed by atoms with Gasteiger partial charge in [-0.3, -0.25) is 4.79 Å². The summed E-state index contributed by atoms with van der Waals surface area (Å²) in [6.45, 7) is 2.28. The third-order valence-corrected chi connectivity index (χ3v) is 4.30. The van der Waals surface area contributed by atoms with Gasteiger partial charge >= 0.3 is 5.97 Å². The van der Waals surface area contributed by atoms with Gasteiger partial charge in [0.25, 0.3) is 0 Å². The zero-order valence-electron chi connectivity index (χ0n) is 10.2. The Labute approximate surface area is 102 Å². The van der Waals surface area contributed by atoms with Gasteiger partial charge in [0, 0.05) is 5.41 Å². The minimum Gasteiger partial charge on any atom is -0.481 e. The molecular formula is C15H18O2. The van der Waals surface area contributed by atoms with Crippen molar-refractivity contribution in [3.05, 3.63) is 34.9 Å². The van der Waals surface area contributed by atoms with E-state index >= 15 is 0 Å². The van der Waals surface area contributed by atoms with Crippen molar-refractivity contribution in [2.75, 3.05) is 0 Å². The van der Waals surface area contributed by atoms with Crippen LogP contribution in [0.25, 0.3) is 0 Å². The van der Waals surface area contributed by atoms with E-state index in [1.807, 2.05) is 0 Å². The Bertz CT molecular complexity index is 472. The Morgan fingerprint density at radius 2 is 2.06 bits per heavy atom.